The molecule has 1 aliphatic rings. The number of hydrogen-bond donors (Lipinski definition) is 2. The van der Waals surface area contributed by atoms with Crippen molar-refractivity contribution in [2.75, 3.05) is 25.5 Å². The fraction of sp³-hybridized carbons (Fsp3) is 0.412. The summed E-state index contributed by atoms with van der Waals surface area (Å²) in [5.41, 5.74) is 0.728. The Bertz CT molecular complexity index is 967. The number of rotatable bonds is 4. The van der Waals surface area contributed by atoms with E-state index in [1.54, 1.807) is 19.1 Å². The predicted octanol–water partition coefficient (Wildman–Crippen LogP) is 2.88. The number of likely N-dealkylation sites (tertiary alicyclic amines) is 1. The Labute approximate surface area is 175 Å². The van der Waals surface area contributed by atoms with Gasteiger partial charge in [-0.05, 0) is 80.2 Å². The standard InChI is InChI=1S/C17H20IN3O4S2/c1-10-7-11(18)8-13(15(10)22)16(23)20-17-19-9-14(26-17)27(24,25)12-3-5-21(2)6-4-12/h7-9,12,22H,3-6H2,1-2H3,(H,19,20,23). The van der Waals surface area contributed by atoms with Crippen molar-refractivity contribution >= 4 is 54.8 Å². The fourth-order valence-electron chi connectivity index (χ4n) is 2.98. The Morgan fingerprint density at radius 2 is 2.04 bits per heavy atom. The highest BCUT2D eigenvalue weighted by Crippen LogP contribution is 2.31. The molecule has 146 valence electrons. The highest BCUT2D eigenvalue weighted by Gasteiger charge is 2.32. The molecule has 1 amide bonds. The molecule has 3 rings (SSSR count). The molecule has 2 aromatic rings. The summed E-state index contributed by atoms with van der Waals surface area (Å²) < 4.78 is 26.6. The lowest BCUT2D eigenvalue weighted by Gasteiger charge is -2.28. The van der Waals surface area contributed by atoms with Crippen molar-refractivity contribution in [3.8, 4) is 5.75 Å². The van der Waals surface area contributed by atoms with Gasteiger partial charge in [-0.15, -0.1) is 0 Å². The second-order valence-electron chi connectivity index (χ2n) is 6.61. The van der Waals surface area contributed by atoms with Crippen LogP contribution < -0.4 is 5.32 Å². The third-order valence-corrected chi connectivity index (χ3v) is 8.89. The van der Waals surface area contributed by atoms with Crippen molar-refractivity contribution in [1.29, 1.82) is 0 Å². The summed E-state index contributed by atoms with van der Waals surface area (Å²) in [5.74, 6) is -0.615. The Morgan fingerprint density at radius 1 is 1.37 bits per heavy atom. The summed E-state index contributed by atoms with van der Waals surface area (Å²) in [6.45, 7) is 3.21. The molecule has 1 saturated heterocycles. The zero-order valence-corrected chi connectivity index (χ0v) is 18.7. The maximum absolute atomic E-state index is 12.8. The summed E-state index contributed by atoms with van der Waals surface area (Å²) in [5, 5.41) is 12.5. The van der Waals surface area contributed by atoms with Gasteiger partial charge in [-0.1, -0.05) is 11.3 Å². The average molecular weight is 521 g/mol. The number of halogens is 1. The Kier molecular flexibility index (Phi) is 6.08. The summed E-state index contributed by atoms with van der Waals surface area (Å²) in [4.78, 5) is 18.6. The number of aryl methyl sites for hydroxylation is 1. The molecule has 1 aliphatic heterocycles. The van der Waals surface area contributed by atoms with Gasteiger partial charge in [-0.2, -0.15) is 0 Å². The molecule has 0 radical (unpaired) electrons. The number of benzene rings is 1. The number of thiazole rings is 1. The van der Waals surface area contributed by atoms with Crippen molar-refractivity contribution in [2.45, 2.75) is 29.2 Å². The third kappa shape index (κ3) is 4.44. The third-order valence-electron chi connectivity index (χ3n) is 4.60. The Hall–Kier alpha value is -1.24. The lowest BCUT2D eigenvalue weighted by atomic mass is 10.1. The molecule has 1 fully saturated rings. The number of sulfone groups is 1. The van der Waals surface area contributed by atoms with E-state index < -0.39 is 21.0 Å². The van der Waals surface area contributed by atoms with Gasteiger partial charge in [0.25, 0.3) is 5.91 Å². The van der Waals surface area contributed by atoms with Crippen molar-refractivity contribution in [1.82, 2.24) is 9.88 Å². The molecular formula is C17H20IN3O4S2. The van der Waals surface area contributed by atoms with E-state index in [4.69, 9.17) is 0 Å². The van der Waals surface area contributed by atoms with E-state index in [0.29, 0.717) is 18.4 Å². The normalized spacial score (nSPS) is 16.4. The molecule has 7 nitrogen and oxygen atoms in total. The summed E-state index contributed by atoms with van der Waals surface area (Å²) >= 11 is 3.01. The van der Waals surface area contributed by atoms with Crippen LogP contribution in [0.15, 0.2) is 22.5 Å². The minimum absolute atomic E-state index is 0.0938. The smallest absolute Gasteiger partial charge is 0.261 e. The second-order valence-corrected chi connectivity index (χ2v) is 11.3. The van der Waals surface area contributed by atoms with Crippen LogP contribution in [0.3, 0.4) is 0 Å². The first kappa shape index (κ1) is 20.5. The number of hydrogen-bond acceptors (Lipinski definition) is 7. The summed E-state index contributed by atoms with van der Waals surface area (Å²) in [6.07, 6.45) is 2.48. The molecule has 10 heteroatoms. The Morgan fingerprint density at radius 3 is 2.70 bits per heavy atom. The molecule has 0 bridgehead atoms. The number of aromatic hydroxyl groups is 1. The topological polar surface area (TPSA) is 99.6 Å². The number of nitrogens with zero attached hydrogens (tertiary/aromatic N) is 2. The van der Waals surface area contributed by atoms with E-state index in [0.717, 1.165) is 28.0 Å². The van der Waals surface area contributed by atoms with E-state index >= 15 is 0 Å². The minimum atomic E-state index is -3.46. The average Bonchev–Trinajstić information content (AvgIpc) is 3.07. The number of nitrogens with one attached hydrogen (secondary N) is 1. The van der Waals surface area contributed by atoms with Crippen LogP contribution in [0.2, 0.25) is 0 Å². The molecule has 0 saturated carbocycles. The first-order chi connectivity index (χ1) is 12.7. The van der Waals surface area contributed by atoms with Crippen LogP contribution in [-0.2, 0) is 9.84 Å². The maximum atomic E-state index is 12.8. The molecule has 0 aliphatic carbocycles. The number of amides is 1. The van der Waals surface area contributed by atoms with Crippen LogP contribution in [0.25, 0.3) is 0 Å². The summed E-state index contributed by atoms with van der Waals surface area (Å²) in [7, 11) is -1.48. The zero-order chi connectivity index (χ0) is 19.8. The molecule has 0 spiro atoms. The molecule has 2 heterocycles. The molecule has 1 aromatic heterocycles. The number of aromatic nitrogens is 1. The fourth-order valence-corrected chi connectivity index (χ4v) is 6.77. The highest BCUT2D eigenvalue weighted by molar-refractivity contribution is 14.1. The highest BCUT2D eigenvalue weighted by atomic mass is 127. The number of carbonyl (C=O) groups excluding carboxylic acids is 1. The molecule has 1 aromatic carbocycles. The molecular weight excluding hydrogens is 501 g/mol. The number of anilines is 1. The van der Waals surface area contributed by atoms with E-state index in [1.165, 1.54) is 6.20 Å². The number of phenols is 1. The van der Waals surface area contributed by atoms with Gasteiger partial charge in [0.15, 0.2) is 15.0 Å². The summed E-state index contributed by atoms with van der Waals surface area (Å²) in [6, 6.07) is 3.34. The molecule has 2 N–H and O–H groups in total. The van der Waals surface area contributed by atoms with Crippen LogP contribution in [0.5, 0.6) is 5.75 Å². The first-order valence-corrected chi connectivity index (χ1v) is 11.8. The van der Waals surface area contributed by atoms with E-state index in [2.05, 4.69) is 37.8 Å². The lowest BCUT2D eigenvalue weighted by molar-refractivity contribution is 0.102. The number of phenolic OH excluding ortho intramolecular Hbond substituents is 1. The first-order valence-electron chi connectivity index (χ1n) is 8.37. The SMILES string of the molecule is Cc1cc(I)cc(C(=O)Nc2ncc(S(=O)(=O)C3CCN(C)CC3)s2)c1O. The van der Waals surface area contributed by atoms with Crippen LogP contribution in [0.1, 0.15) is 28.8 Å². The van der Waals surface area contributed by atoms with Gasteiger partial charge in [0.1, 0.15) is 9.96 Å². The van der Waals surface area contributed by atoms with Crippen LogP contribution >= 0.6 is 33.9 Å². The van der Waals surface area contributed by atoms with Crippen molar-refractivity contribution in [3.05, 3.63) is 33.0 Å². The maximum Gasteiger partial charge on any atom is 0.261 e. The predicted molar refractivity (Wildman–Crippen MR) is 113 cm³/mol. The molecule has 0 unspecified atom stereocenters. The van der Waals surface area contributed by atoms with Gasteiger partial charge in [0, 0.05) is 3.57 Å². The largest absolute Gasteiger partial charge is 0.507 e. The van der Waals surface area contributed by atoms with Crippen molar-refractivity contribution < 1.29 is 18.3 Å². The zero-order valence-electron chi connectivity index (χ0n) is 14.9. The van der Waals surface area contributed by atoms with Gasteiger partial charge < -0.3 is 10.0 Å². The monoisotopic (exact) mass is 521 g/mol. The Balaban J connectivity index is 1.77. The van der Waals surface area contributed by atoms with Gasteiger partial charge in [-0.3, -0.25) is 10.1 Å². The molecule has 0 atom stereocenters. The van der Waals surface area contributed by atoms with Crippen molar-refractivity contribution in [2.24, 2.45) is 0 Å². The van der Waals surface area contributed by atoms with E-state index in [1.807, 2.05) is 7.05 Å². The quantitative estimate of drug-likeness (QED) is 0.601. The lowest BCUT2D eigenvalue weighted by Crippen LogP contribution is -2.36. The van der Waals surface area contributed by atoms with Crippen LogP contribution in [-0.4, -0.2) is 54.7 Å². The van der Waals surface area contributed by atoms with Crippen LogP contribution in [0, 0.1) is 10.5 Å². The molecule has 27 heavy (non-hydrogen) atoms. The van der Waals surface area contributed by atoms with Gasteiger partial charge in [0.2, 0.25) is 0 Å². The van der Waals surface area contributed by atoms with Crippen molar-refractivity contribution in [3.63, 3.8) is 0 Å². The minimum Gasteiger partial charge on any atom is -0.507 e. The van der Waals surface area contributed by atoms with Gasteiger partial charge in [0.05, 0.1) is 17.0 Å². The van der Waals surface area contributed by atoms with Crippen LogP contribution in [0.4, 0.5) is 5.13 Å². The van der Waals surface area contributed by atoms with E-state index in [9.17, 15) is 18.3 Å². The second kappa shape index (κ2) is 8.02. The number of carbonyl (C=O) groups is 1. The van der Waals surface area contributed by atoms with Gasteiger partial charge >= 0.3 is 0 Å². The van der Waals surface area contributed by atoms with E-state index in [-0.39, 0.29) is 20.7 Å². The van der Waals surface area contributed by atoms with Gasteiger partial charge in [-0.25, -0.2) is 13.4 Å². The number of piperidine rings is 1.